The molecule has 1 fully saturated rings. The van der Waals surface area contributed by atoms with Gasteiger partial charge in [0.1, 0.15) is 10.7 Å². The van der Waals surface area contributed by atoms with Gasteiger partial charge in [0.15, 0.2) is 0 Å². The lowest BCUT2D eigenvalue weighted by molar-refractivity contribution is -0.133. The van der Waals surface area contributed by atoms with E-state index in [-0.39, 0.29) is 11.5 Å². The normalized spacial score (nSPS) is 18.0. The van der Waals surface area contributed by atoms with Gasteiger partial charge in [-0.3, -0.25) is 14.5 Å². The zero-order chi connectivity index (χ0) is 19.7. The van der Waals surface area contributed by atoms with Gasteiger partial charge in [-0.25, -0.2) is 4.98 Å². The quantitative estimate of drug-likeness (QED) is 0.835. The highest BCUT2D eigenvalue weighted by atomic mass is 32.1. The van der Waals surface area contributed by atoms with Crippen molar-refractivity contribution in [3.05, 3.63) is 26.6 Å². The number of amides is 1. The molecule has 0 bridgehead atoms. The molecule has 3 heterocycles. The van der Waals surface area contributed by atoms with Crippen LogP contribution < -0.4 is 5.56 Å². The van der Waals surface area contributed by atoms with E-state index in [2.05, 4.69) is 23.7 Å². The van der Waals surface area contributed by atoms with Crippen molar-refractivity contribution < 1.29 is 4.79 Å². The van der Waals surface area contributed by atoms with Crippen LogP contribution >= 0.6 is 11.3 Å². The van der Waals surface area contributed by atoms with Crippen LogP contribution in [0.3, 0.4) is 0 Å². The maximum atomic E-state index is 12.7. The van der Waals surface area contributed by atoms with E-state index in [4.69, 9.17) is 4.98 Å². The number of aryl methyl sites for hydroxylation is 2. The summed E-state index contributed by atoms with van der Waals surface area (Å²) < 4.78 is 0. The van der Waals surface area contributed by atoms with Crippen molar-refractivity contribution in [1.82, 2.24) is 19.8 Å². The van der Waals surface area contributed by atoms with Crippen LogP contribution in [0.25, 0.3) is 10.2 Å². The van der Waals surface area contributed by atoms with Gasteiger partial charge >= 0.3 is 0 Å². The Labute approximate surface area is 169 Å². The Balaban J connectivity index is 1.40. The molecule has 0 atom stereocenters. The molecule has 4 rings (SSSR count). The summed E-state index contributed by atoms with van der Waals surface area (Å²) >= 11 is 1.70. The highest BCUT2D eigenvalue weighted by Crippen LogP contribution is 2.33. The van der Waals surface area contributed by atoms with Gasteiger partial charge in [0.25, 0.3) is 5.56 Å². The summed E-state index contributed by atoms with van der Waals surface area (Å²) in [6.07, 6.45) is 6.07. The minimum atomic E-state index is 0.0156. The van der Waals surface area contributed by atoms with Gasteiger partial charge in [0.05, 0.1) is 11.9 Å². The second kappa shape index (κ2) is 8.33. The molecule has 0 unspecified atom stereocenters. The number of piperazine rings is 1. The molecule has 2 aliphatic rings. The van der Waals surface area contributed by atoms with E-state index in [0.717, 1.165) is 61.5 Å². The summed E-state index contributed by atoms with van der Waals surface area (Å²) in [6.45, 7) is 8.13. The van der Waals surface area contributed by atoms with Crippen molar-refractivity contribution in [1.29, 1.82) is 0 Å². The average Bonchev–Trinajstić information content (AvgIpc) is 3.05. The van der Waals surface area contributed by atoms with Crippen LogP contribution in [0.4, 0.5) is 0 Å². The lowest BCUT2D eigenvalue weighted by Crippen LogP contribution is -2.48. The SMILES string of the molecule is CC(C)CCC(=O)N1CCN(Cc2nc3sc4c(c3c(=O)[nH]2)CCCC4)CC1. The van der Waals surface area contributed by atoms with Gasteiger partial charge in [-0.15, -0.1) is 11.3 Å². The summed E-state index contributed by atoms with van der Waals surface area (Å²) in [7, 11) is 0. The average molecular weight is 403 g/mol. The van der Waals surface area contributed by atoms with Crippen LogP contribution in [-0.4, -0.2) is 51.9 Å². The summed E-state index contributed by atoms with van der Waals surface area (Å²) in [5, 5.41) is 0.823. The number of fused-ring (bicyclic) bond motifs is 3. The molecule has 1 aliphatic heterocycles. The second-order valence-corrected chi connectivity index (χ2v) is 9.58. The molecule has 2 aromatic heterocycles. The molecule has 6 nitrogen and oxygen atoms in total. The fraction of sp³-hybridized carbons (Fsp3) is 0.667. The monoisotopic (exact) mass is 402 g/mol. The third kappa shape index (κ3) is 4.15. The second-order valence-electron chi connectivity index (χ2n) is 8.49. The summed E-state index contributed by atoms with van der Waals surface area (Å²) in [4.78, 5) is 39.3. The van der Waals surface area contributed by atoms with Crippen LogP contribution in [0.1, 0.15) is 55.8 Å². The topological polar surface area (TPSA) is 69.3 Å². The van der Waals surface area contributed by atoms with Crippen LogP contribution in [0.5, 0.6) is 0 Å². The number of carbonyl (C=O) groups excluding carboxylic acids is 1. The standard InChI is InChI=1S/C21H30N4O2S/c1-14(2)7-8-18(26)25-11-9-24(10-12-25)13-17-22-20(27)19-15-5-3-4-6-16(15)28-21(19)23-17/h14H,3-13H2,1-2H3,(H,22,23,27). The number of H-pyrrole nitrogens is 1. The Hall–Kier alpha value is -1.73. The first-order valence-electron chi connectivity index (χ1n) is 10.5. The molecule has 0 spiro atoms. The predicted molar refractivity (Wildman–Crippen MR) is 113 cm³/mol. The molecular formula is C21H30N4O2S. The first-order valence-corrected chi connectivity index (χ1v) is 11.4. The molecule has 0 aromatic carbocycles. The van der Waals surface area contributed by atoms with Crippen molar-refractivity contribution in [3.8, 4) is 0 Å². The van der Waals surface area contributed by atoms with Crippen molar-refractivity contribution in [3.63, 3.8) is 0 Å². The first kappa shape index (κ1) is 19.6. The van der Waals surface area contributed by atoms with Crippen molar-refractivity contribution in [2.24, 2.45) is 5.92 Å². The Bertz CT molecular complexity index is 909. The molecule has 7 heteroatoms. The summed E-state index contributed by atoms with van der Waals surface area (Å²) in [6, 6.07) is 0. The Morgan fingerprint density at radius 1 is 1.18 bits per heavy atom. The third-order valence-electron chi connectivity index (χ3n) is 5.91. The van der Waals surface area contributed by atoms with E-state index < -0.39 is 0 Å². The Morgan fingerprint density at radius 2 is 1.93 bits per heavy atom. The highest BCUT2D eigenvalue weighted by molar-refractivity contribution is 7.18. The third-order valence-corrected chi connectivity index (χ3v) is 7.09. The Kier molecular flexibility index (Phi) is 5.83. The maximum absolute atomic E-state index is 12.7. The number of aromatic amines is 1. The number of aromatic nitrogens is 2. The van der Waals surface area contributed by atoms with E-state index in [1.165, 1.54) is 23.3 Å². The fourth-order valence-corrected chi connectivity index (χ4v) is 5.50. The van der Waals surface area contributed by atoms with E-state index in [1.54, 1.807) is 11.3 Å². The summed E-state index contributed by atoms with van der Waals surface area (Å²) in [5.41, 5.74) is 1.25. The molecule has 1 aliphatic carbocycles. The zero-order valence-electron chi connectivity index (χ0n) is 16.9. The number of thiophene rings is 1. The molecule has 2 aromatic rings. The van der Waals surface area contributed by atoms with E-state index >= 15 is 0 Å². The number of carbonyl (C=O) groups is 1. The molecular weight excluding hydrogens is 372 g/mol. The van der Waals surface area contributed by atoms with Gasteiger partial charge < -0.3 is 9.88 Å². The van der Waals surface area contributed by atoms with Crippen LogP contribution in [0, 0.1) is 5.92 Å². The molecule has 152 valence electrons. The zero-order valence-corrected chi connectivity index (χ0v) is 17.7. The van der Waals surface area contributed by atoms with Gasteiger partial charge in [-0.1, -0.05) is 13.8 Å². The summed E-state index contributed by atoms with van der Waals surface area (Å²) in [5.74, 6) is 1.58. The molecule has 1 amide bonds. The fourth-order valence-electron chi connectivity index (χ4n) is 4.22. The molecule has 28 heavy (non-hydrogen) atoms. The number of nitrogens with one attached hydrogen (secondary N) is 1. The van der Waals surface area contributed by atoms with Gasteiger partial charge in [-0.05, 0) is 43.6 Å². The van der Waals surface area contributed by atoms with E-state index in [0.29, 0.717) is 18.9 Å². The molecule has 0 radical (unpaired) electrons. The molecule has 1 N–H and O–H groups in total. The largest absolute Gasteiger partial charge is 0.340 e. The lowest BCUT2D eigenvalue weighted by Gasteiger charge is -2.34. The van der Waals surface area contributed by atoms with Crippen LogP contribution in [-0.2, 0) is 24.2 Å². The van der Waals surface area contributed by atoms with Gasteiger partial charge in [0.2, 0.25) is 5.91 Å². The first-order chi connectivity index (χ1) is 13.5. The number of hydrogen-bond acceptors (Lipinski definition) is 5. The maximum Gasteiger partial charge on any atom is 0.259 e. The van der Waals surface area contributed by atoms with Gasteiger partial charge in [0, 0.05) is 37.5 Å². The number of rotatable bonds is 5. The van der Waals surface area contributed by atoms with Crippen LogP contribution in [0.15, 0.2) is 4.79 Å². The number of nitrogens with zero attached hydrogens (tertiary/aromatic N) is 3. The molecule has 0 saturated carbocycles. The van der Waals surface area contributed by atoms with Crippen molar-refractivity contribution in [2.45, 2.75) is 58.9 Å². The van der Waals surface area contributed by atoms with Gasteiger partial charge in [-0.2, -0.15) is 0 Å². The number of hydrogen-bond donors (Lipinski definition) is 1. The Morgan fingerprint density at radius 3 is 2.68 bits per heavy atom. The minimum absolute atomic E-state index is 0.0156. The van der Waals surface area contributed by atoms with Crippen molar-refractivity contribution >= 4 is 27.5 Å². The van der Waals surface area contributed by atoms with Crippen molar-refractivity contribution in [2.75, 3.05) is 26.2 Å². The predicted octanol–water partition coefficient (Wildman–Crippen LogP) is 2.94. The van der Waals surface area contributed by atoms with Crippen LogP contribution in [0.2, 0.25) is 0 Å². The van der Waals surface area contributed by atoms with E-state index in [9.17, 15) is 9.59 Å². The smallest absolute Gasteiger partial charge is 0.259 e. The lowest BCUT2D eigenvalue weighted by atomic mass is 9.97. The highest BCUT2D eigenvalue weighted by Gasteiger charge is 2.23. The van der Waals surface area contributed by atoms with E-state index in [1.807, 2.05) is 4.90 Å². The molecule has 1 saturated heterocycles. The minimum Gasteiger partial charge on any atom is -0.340 e.